The van der Waals surface area contributed by atoms with Crippen LogP contribution >= 0.6 is 0 Å². The molecule has 254 valence electrons. The monoisotopic (exact) mass is 698 g/mol. The van der Waals surface area contributed by atoms with E-state index in [0.717, 1.165) is 34.1 Å². The summed E-state index contributed by atoms with van der Waals surface area (Å²) in [5, 5.41) is 9.81. The molecule has 6 heteroatoms. The van der Waals surface area contributed by atoms with E-state index in [-0.39, 0.29) is 13.4 Å². The predicted molar refractivity (Wildman–Crippen MR) is 231 cm³/mol. The molecule has 4 nitrogen and oxygen atoms in total. The van der Waals surface area contributed by atoms with Crippen LogP contribution in [-0.2, 0) is 0 Å². The first-order valence-corrected chi connectivity index (χ1v) is 18.8. The van der Waals surface area contributed by atoms with Gasteiger partial charge in [-0.3, -0.25) is 0 Å². The van der Waals surface area contributed by atoms with E-state index in [1.807, 2.05) is 12.1 Å². The molecule has 0 saturated heterocycles. The summed E-state index contributed by atoms with van der Waals surface area (Å²) in [7, 11) is 0. The van der Waals surface area contributed by atoms with E-state index in [0.29, 0.717) is 5.56 Å². The summed E-state index contributed by atoms with van der Waals surface area (Å²) in [5.41, 5.74) is 18.5. The van der Waals surface area contributed by atoms with Gasteiger partial charge in [-0.15, -0.1) is 0 Å². The highest BCUT2D eigenvalue weighted by Crippen LogP contribution is 2.48. The number of nitriles is 1. The molecule has 8 aromatic rings. The van der Waals surface area contributed by atoms with E-state index in [4.69, 9.17) is 0 Å². The number of hydrogen-bond donors (Lipinski definition) is 0. The fourth-order valence-electron chi connectivity index (χ4n) is 9.33. The van der Waals surface area contributed by atoms with Crippen molar-refractivity contribution in [1.29, 1.82) is 5.26 Å². The summed E-state index contributed by atoms with van der Waals surface area (Å²) < 4.78 is 0. The molecule has 55 heavy (non-hydrogen) atoms. The fourth-order valence-corrected chi connectivity index (χ4v) is 9.33. The van der Waals surface area contributed by atoms with Gasteiger partial charge in [0.2, 0.25) is 6.71 Å². The first-order valence-electron chi connectivity index (χ1n) is 18.8. The largest absolute Gasteiger partial charge is 0.312 e. The zero-order valence-corrected chi connectivity index (χ0v) is 29.9. The Hall–Kier alpha value is -7.22. The summed E-state index contributed by atoms with van der Waals surface area (Å²) in [6.45, 7) is -0.0682. The van der Waals surface area contributed by atoms with Crippen molar-refractivity contribution in [3.05, 3.63) is 200 Å². The molecule has 0 amide bonds. The van der Waals surface area contributed by atoms with E-state index in [1.165, 1.54) is 49.8 Å². The predicted octanol–water partition coefficient (Wildman–Crippen LogP) is 7.94. The Bertz CT molecular complexity index is 2790. The SMILES string of the molecule is N#Cc1ccc(N2c3ccccc3B(c3ccccc3)c3c2cc2c4c3N(c3ccccc3)c3ccccc3B4c3ccccc3N2c2ccccc2)cc1. The van der Waals surface area contributed by atoms with Crippen LogP contribution in [-0.4, -0.2) is 13.4 Å². The van der Waals surface area contributed by atoms with Crippen molar-refractivity contribution in [3.8, 4) is 6.07 Å². The number of hydrogen-bond acceptors (Lipinski definition) is 4. The lowest BCUT2D eigenvalue weighted by Gasteiger charge is -2.48. The summed E-state index contributed by atoms with van der Waals surface area (Å²) in [4.78, 5) is 7.42. The minimum absolute atomic E-state index is 0.000389. The van der Waals surface area contributed by atoms with Crippen molar-refractivity contribution < 1.29 is 0 Å². The number of fused-ring (bicyclic) bond motifs is 7. The molecular formula is C49H32B2N4. The Morgan fingerprint density at radius 3 is 1.29 bits per heavy atom. The lowest BCUT2D eigenvalue weighted by atomic mass is 9.30. The van der Waals surface area contributed by atoms with Gasteiger partial charge < -0.3 is 14.7 Å². The summed E-state index contributed by atoms with van der Waals surface area (Å²) >= 11 is 0. The third-order valence-corrected chi connectivity index (χ3v) is 11.5. The quantitative estimate of drug-likeness (QED) is 0.175. The Morgan fingerprint density at radius 1 is 0.364 bits per heavy atom. The topological polar surface area (TPSA) is 33.5 Å². The third kappa shape index (κ3) is 4.67. The highest BCUT2D eigenvalue weighted by atomic mass is 15.2. The molecule has 3 aliphatic heterocycles. The summed E-state index contributed by atoms with van der Waals surface area (Å²) in [6, 6.07) is 72.2. The zero-order valence-electron chi connectivity index (χ0n) is 29.9. The minimum atomic E-state index is -0.0678. The molecule has 8 aromatic carbocycles. The molecule has 0 saturated carbocycles. The molecule has 0 N–H and O–H groups in total. The van der Waals surface area contributed by atoms with Crippen molar-refractivity contribution in [2.45, 2.75) is 0 Å². The molecule has 0 aromatic heterocycles. The lowest BCUT2D eigenvalue weighted by molar-refractivity contribution is 1.23. The molecular weight excluding hydrogens is 666 g/mol. The van der Waals surface area contributed by atoms with Crippen LogP contribution < -0.4 is 47.5 Å². The van der Waals surface area contributed by atoms with Crippen molar-refractivity contribution in [2.24, 2.45) is 0 Å². The van der Waals surface area contributed by atoms with Crippen molar-refractivity contribution >= 4 is 97.4 Å². The fraction of sp³-hybridized carbons (Fsp3) is 0. The smallest absolute Gasteiger partial charge is 0.252 e. The molecule has 0 atom stereocenters. The van der Waals surface area contributed by atoms with Gasteiger partial charge in [-0.2, -0.15) is 5.26 Å². The second-order valence-corrected chi connectivity index (χ2v) is 14.4. The second-order valence-electron chi connectivity index (χ2n) is 14.4. The maximum Gasteiger partial charge on any atom is 0.252 e. The minimum Gasteiger partial charge on any atom is -0.312 e. The van der Waals surface area contributed by atoms with Gasteiger partial charge in [0.05, 0.1) is 11.6 Å². The maximum atomic E-state index is 9.81. The Labute approximate surface area is 321 Å². The maximum absolute atomic E-state index is 9.81. The number of nitrogens with zero attached hydrogens (tertiary/aromatic N) is 4. The van der Waals surface area contributed by atoms with Gasteiger partial charge in [0.15, 0.2) is 0 Å². The Kier molecular flexibility index (Phi) is 7.08. The van der Waals surface area contributed by atoms with Gasteiger partial charge in [-0.25, -0.2) is 0 Å². The second kappa shape index (κ2) is 12.4. The van der Waals surface area contributed by atoms with E-state index in [1.54, 1.807) is 0 Å². The van der Waals surface area contributed by atoms with Crippen LogP contribution in [0, 0.1) is 11.3 Å². The van der Waals surface area contributed by atoms with Crippen molar-refractivity contribution in [3.63, 3.8) is 0 Å². The summed E-state index contributed by atoms with van der Waals surface area (Å²) in [5.74, 6) is 0. The van der Waals surface area contributed by atoms with Crippen LogP contribution in [0.3, 0.4) is 0 Å². The van der Waals surface area contributed by atoms with Crippen LogP contribution in [0.2, 0.25) is 0 Å². The van der Waals surface area contributed by atoms with Crippen LogP contribution in [0.5, 0.6) is 0 Å². The third-order valence-electron chi connectivity index (χ3n) is 11.5. The molecule has 0 fully saturated rings. The highest BCUT2D eigenvalue weighted by Gasteiger charge is 2.48. The number of para-hydroxylation sites is 5. The molecule has 0 spiro atoms. The van der Waals surface area contributed by atoms with E-state index in [2.05, 4.69) is 203 Å². The van der Waals surface area contributed by atoms with E-state index >= 15 is 0 Å². The number of benzene rings is 8. The van der Waals surface area contributed by atoms with Crippen LogP contribution in [0.4, 0.5) is 51.2 Å². The average Bonchev–Trinajstić information content (AvgIpc) is 3.26. The standard InChI is InChI=1S/C49H32B2N4/c52-33-34-28-30-38(31-29-34)54-42-25-13-10-22-39(42)50(35-16-4-1-5-17-35)47-45(54)32-46-48-49(47)55(37-20-8-3-9-21-37)44-27-15-12-24-41(44)51(48)40-23-11-14-26-43(40)53(46)36-18-6-2-7-19-36/h1-32H. The molecule has 0 bridgehead atoms. The Morgan fingerprint density at radius 2 is 0.764 bits per heavy atom. The Balaban J connectivity index is 1.35. The van der Waals surface area contributed by atoms with Gasteiger partial charge in [-0.1, -0.05) is 127 Å². The number of anilines is 9. The lowest BCUT2D eigenvalue weighted by Crippen LogP contribution is -2.66. The molecule has 11 rings (SSSR count). The van der Waals surface area contributed by atoms with Crippen molar-refractivity contribution in [2.75, 3.05) is 14.7 Å². The molecule has 0 aliphatic carbocycles. The highest BCUT2D eigenvalue weighted by molar-refractivity contribution is 7.03. The first-order chi connectivity index (χ1) is 27.3. The molecule has 0 radical (unpaired) electrons. The van der Waals surface area contributed by atoms with Gasteiger partial charge in [-0.05, 0) is 100 Å². The molecule has 0 unspecified atom stereocenters. The van der Waals surface area contributed by atoms with Gasteiger partial charge in [0.1, 0.15) is 0 Å². The van der Waals surface area contributed by atoms with Gasteiger partial charge in [0, 0.05) is 51.2 Å². The van der Waals surface area contributed by atoms with E-state index in [9.17, 15) is 5.26 Å². The van der Waals surface area contributed by atoms with Crippen LogP contribution in [0.1, 0.15) is 5.56 Å². The first kappa shape index (κ1) is 31.3. The normalized spacial score (nSPS) is 13.3. The van der Waals surface area contributed by atoms with E-state index < -0.39 is 0 Å². The molecule has 3 aliphatic rings. The van der Waals surface area contributed by atoms with Crippen molar-refractivity contribution in [1.82, 2.24) is 0 Å². The van der Waals surface area contributed by atoms with Gasteiger partial charge >= 0.3 is 0 Å². The zero-order chi connectivity index (χ0) is 36.5. The average molecular weight is 698 g/mol. The summed E-state index contributed by atoms with van der Waals surface area (Å²) in [6.07, 6.45) is 0. The van der Waals surface area contributed by atoms with Gasteiger partial charge in [0.25, 0.3) is 6.71 Å². The number of rotatable bonds is 4. The van der Waals surface area contributed by atoms with Crippen LogP contribution in [0.15, 0.2) is 194 Å². The molecule has 3 heterocycles. The van der Waals surface area contributed by atoms with Crippen LogP contribution in [0.25, 0.3) is 0 Å².